The zero-order valence-corrected chi connectivity index (χ0v) is 11.4. The van der Waals surface area contributed by atoms with Crippen molar-refractivity contribution < 1.29 is 4.79 Å². The van der Waals surface area contributed by atoms with E-state index >= 15 is 0 Å². The summed E-state index contributed by atoms with van der Waals surface area (Å²) >= 11 is 4.92. The summed E-state index contributed by atoms with van der Waals surface area (Å²) in [5, 5.41) is 7.20. The van der Waals surface area contributed by atoms with Crippen molar-refractivity contribution in [1.29, 1.82) is 0 Å². The molecule has 0 radical (unpaired) electrons. The first-order valence-electron chi connectivity index (χ1n) is 5.52. The monoisotopic (exact) mass is 302 g/mol. The first-order valence-corrected chi connectivity index (χ1v) is 7.13. The van der Waals surface area contributed by atoms with Crippen molar-refractivity contribution in [2.45, 2.75) is 31.7 Å². The molecule has 1 aromatic heterocycles. The molecule has 0 bridgehead atoms. The lowest BCUT2D eigenvalue weighted by Crippen LogP contribution is -2.36. The van der Waals surface area contributed by atoms with Gasteiger partial charge in [-0.15, -0.1) is 11.3 Å². The lowest BCUT2D eigenvalue weighted by molar-refractivity contribution is -0.116. The number of hydrogen-bond donors (Lipinski definition) is 2. The average Bonchev–Trinajstić information content (AvgIpc) is 2.65. The highest BCUT2D eigenvalue weighted by molar-refractivity contribution is 9.11. The fraction of sp³-hybridized carbons (Fsp3) is 0.545. The molecule has 1 fully saturated rings. The van der Waals surface area contributed by atoms with Crippen molar-refractivity contribution in [3.05, 3.63) is 15.9 Å². The van der Waals surface area contributed by atoms with E-state index in [0.29, 0.717) is 12.5 Å². The maximum Gasteiger partial charge on any atom is 0.226 e. The predicted molar refractivity (Wildman–Crippen MR) is 70.9 cm³/mol. The van der Waals surface area contributed by atoms with E-state index in [1.807, 2.05) is 12.1 Å². The van der Waals surface area contributed by atoms with Gasteiger partial charge in [0.2, 0.25) is 5.91 Å². The Morgan fingerprint density at radius 1 is 1.56 bits per heavy atom. The van der Waals surface area contributed by atoms with Crippen molar-refractivity contribution in [3.8, 4) is 0 Å². The standard InChI is InChI=1S/C11H15BrN2OS/c12-9-4-5-11(16-9)14-10(15)7-8-3-1-2-6-13-8/h4-5,8,13H,1-3,6-7H2,(H,14,15). The van der Waals surface area contributed by atoms with Gasteiger partial charge in [0.1, 0.15) is 0 Å². The van der Waals surface area contributed by atoms with Gasteiger partial charge in [0.05, 0.1) is 8.79 Å². The van der Waals surface area contributed by atoms with Gasteiger partial charge < -0.3 is 10.6 Å². The lowest BCUT2D eigenvalue weighted by Gasteiger charge is -2.22. The van der Waals surface area contributed by atoms with Crippen LogP contribution in [0.3, 0.4) is 0 Å². The van der Waals surface area contributed by atoms with Crippen LogP contribution < -0.4 is 10.6 Å². The number of thiophene rings is 1. The summed E-state index contributed by atoms with van der Waals surface area (Å²) in [5.41, 5.74) is 0. The van der Waals surface area contributed by atoms with Crippen LogP contribution in [-0.4, -0.2) is 18.5 Å². The fourth-order valence-electron chi connectivity index (χ4n) is 1.89. The third-order valence-corrected chi connectivity index (χ3v) is 4.22. The molecule has 2 N–H and O–H groups in total. The lowest BCUT2D eigenvalue weighted by atomic mass is 10.0. The van der Waals surface area contributed by atoms with Crippen LogP contribution in [0.1, 0.15) is 25.7 Å². The zero-order chi connectivity index (χ0) is 11.4. The van der Waals surface area contributed by atoms with Crippen molar-refractivity contribution in [1.82, 2.24) is 5.32 Å². The van der Waals surface area contributed by atoms with Crippen molar-refractivity contribution in [3.63, 3.8) is 0 Å². The second kappa shape index (κ2) is 5.80. The number of piperidine rings is 1. The molecule has 1 saturated heterocycles. The summed E-state index contributed by atoms with van der Waals surface area (Å²) in [6.07, 6.45) is 4.16. The molecule has 0 aromatic carbocycles. The Bertz CT molecular complexity index is 361. The van der Waals surface area contributed by atoms with E-state index in [1.54, 1.807) is 11.3 Å². The van der Waals surface area contributed by atoms with Gasteiger partial charge >= 0.3 is 0 Å². The molecule has 2 heterocycles. The second-order valence-electron chi connectivity index (χ2n) is 4.00. The number of hydrogen-bond acceptors (Lipinski definition) is 3. The second-order valence-corrected chi connectivity index (χ2v) is 6.47. The highest BCUT2D eigenvalue weighted by Crippen LogP contribution is 2.26. The van der Waals surface area contributed by atoms with Gasteiger partial charge in [0.25, 0.3) is 0 Å². The first kappa shape index (κ1) is 12.1. The molecule has 1 aliphatic heterocycles. The molecule has 16 heavy (non-hydrogen) atoms. The summed E-state index contributed by atoms with van der Waals surface area (Å²) in [6.45, 7) is 1.04. The van der Waals surface area contributed by atoms with Crippen molar-refractivity contribution >= 4 is 38.2 Å². The van der Waals surface area contributed by atoms with Crippen molar-refractivity contribution in [2.24, 2.45) is 0 Å². The van der Waals surface area contributed by atoms with Crippen molar-refractivity contribution in [2.75, 3.05) is 11.9 Å². The molecule has 5 heteroatoms. The quantitative estimate of drug-likeness (QED) is 0.901. The van der Waals surface area contributed by atoms with Gasteiger partial charge in [0.15, 0.2) is 0 Å². The first-order chi connectivity index (χ1) is 7.74. The van der Waals surface area contributed by atoms with E-state index in [-0.39, 0.29) is 5.91 Å². The molecule has 1 atom stereocenters. The van der Waals surface area contributed by atoms with E-state index in [2.05, 4.69) is 26.6 Å². The van der Waals surface area contributed by atoms with Crippen LogP contribution >= 0.6 is 27.3 Å². The zero-order valence-electron chi connectivity index (χ0n) is 8.96. The highest BCUT2D eigenvalue weighted by atomic mass is 79.9. The van der Waals surface area contributed by atoms with Gasteiger partial charge in [-0.05, 0) is 47.4 Å². The van der Waals surface area contributed by atoms with E-state index in [0.717, 1.165) is 21.8 Å². The van der Waals surface area contributed by atoms with Crippen LogP contribution in [0, 0.1) is 0 Å². The number of anilines is 1. The number of nitrogens with one attached hydrogen (secondary N) is 2. The Morgan fingerprint density at radius 2 is 2.44 bits per heavy atom. The Labute approximate surface area is 108 Å². The SMILES string of the molecule is O=C(CC1CCCCN1)Nc1ccc(Br)s1. The van der Waals surface area contributed by atoms with Gasteiger partial charge in [-0.25, -0.2) is 0 Å². The summed E-state index contributed by atoms with van der Waals surface area (Å²) in [6, 6.07) is 4.22. The Balaban J connectivity index is 1.79. The van der Waals surface area contributed by atoms with E-state index < -0.39 is 0 Å². The molecule has 0 aliphatic carbocycles. The molecular formula is C11H15BrN2OS. The summed E-state index contributed by atoms with van der Waals surface area (Å²) in [4.78, 5) is 11.7. The van der Waals surface area contributed by atoms with Crippen LogP contribution in [0.15, 0.2) is 15.9 Å². The third kappa shape index (κ3) is 3.57. The number of rotatable bonds is 3. The van der Waals surface area contributed by atoms with Gasteiger partial charge in [-0.3, -0.25) is 4.79 Å². The minimum Gasteiger partial charge on any atom is -0.318 e. The summed E-state index contributed by atoms with van der Waals surface area (Å²) in [7, 11) is 0. The van der Waals surface area contributed by atoms with Crippen LogP contribution in [0.4, 0.5) is 5.00 Å². The molecule has 1 aromatic rings. The van der Waals surface area contributed by atoms with E-state index in [9.17, 15) is 4.79 Å². The molecule has 3 nitrogen and oxygen atoms in total. The van der Waals surface area contributed by atoms with E-state index in [4.69, 9.17) is 0 Å². The molecule has 1 unspecified atom stereocenters. The smallest absolute Gasteiger partial charge is 0.226 e. The van der Waals surface area contributed by atoms with Gasteiger partial charge in [0, 0.05) is 12.5 Å². The number of amides is 1. The molecule has 1 aliphatic rings. The summed E-state index contributed by atoms with van der Waals surface area (Å²) in [5.74, 6) is 0.105. The molecular weight excluding hydrogens is 288 g/mol. The Hall–Kier alpha value is -0.390. The van der Waals surface area contributed by atoms with Crippen LogP contribution in [0.25, 0.3) is 0 Å². The number of carbonyl (C=O) groups is 1. The normalized spacial score (nSPS) is 20.7. The average molecular weight is 303 g/mol. The number of carbonyl (C=O) groups excluding carboxylic acids is 1. The molecule has 0 spiro atoms. The largest absolute Gasteiger partial charge is 0.318 e. The summed E-state index contributed by atoms with van der Waals surface area (Å²) < 4.78 is 1.04. The van der Waals surface area contributed by atoms with Crippen LogP contribution in [0.5, 0.6) is 0 Å². The third-order valence-electron chi connectivity index (χ3n) is 2.68. The Morgan fingerprint density at radius 3 is 3.06 bits per heavy atom. The maximum atomic E-state index is 11.7. The minimum absolute atomic E-state index is 0.105. The molecule has 1 amide bonds. The topological polar surface area (TPSA) is 41.1 Å². The molecule has 88 valence electrons. The Kier molecular flexibility index (Phi) is 4.37. The fourth-order valence-corrected chi connectivity index (χ4v) is 3.19. The van der Waals surface area contributed by atoms with Crippen LogP contribution in [-0.2, 0) is 4.79 Å². The van der Waals surface area contributed by atoms with Gasteiger partial charge in [-0.2, -0.15) is 0 Å². The minimum atomic E-state index is 0.105. The van der Waals surface area contributed by atoms with Crippen LogP contribution in [0.2, 0.25) is 0 Å². The molecule has 2 rings (SSSR count). The number of halogens is 1. The maximum absolute atomic E-state index is 11.7. The van der Waals surface area contributed by atoms with Gasteiger partial charge in [-0.1, -0.05) is 6.42 Å². The molecule has 0 saturated carbocycles. The highest BCUT2D eigenvalue weighted by Gasteiger charge is 2.16. The predicted octanol–water partition coefficient (Wildman–Crippen LogP) is 2.98. The van der Waals surface area contributed by atoms with E-state index in [1.165, 1.54) is 12.8 Å².